The van der Waals surface area contributed by atoms with E-state index in [2.05, 4.69) is 39.3 Å². The van der Waals surface area contributed by atoms with Crippen LogP contribution in [0.2, 0.25) is 0 Å². The fraction of sp³-hybridized carbons (Fsp3) is 0.412. The third-order valence-electron chi connectivity index (χ3n) is 3.42. The molecule has 0 aliphatic rings. The van der Waals surface area contributed by atoms with Gasteiger partial charge in [0.25, 0.3) is 0 Å². The number of rotatable bonds is 6. The van der Waals surface area contributed by atoms with E-state index in [9.17, 15) is 0 Å². The Kier molecular flexibility index (Phi) is 7.93. The monoisotopic (exact) mass is 388 g/mol. The van der Waals surface area contributed by atoms with Crippen molar-refractivity contribution in [3.8, 4) is 5.75 Å². The van der Waals surface area contributed by atoms with Gasteiger partial charge >= 0.3 is 0 Å². The number of nitrogens with zero attached hydrogens (tertiary/aromatic N) is 3. The van der Waals surface area contributed by atoms with Crippen molar-refractivity contribution < 1.29 is 37.4 Å². The second kappa shape index (κ2) is 9.19. The van der Waals surface area contributed by atoms with Crippen LogP contribution in [0.5, 0.6) is 5.75 Å². The molecule has 1 aromatic heterocycles. The van der Waals surface area contributed by atoms with Crippen molar-refractivity contribution in [1.29, 1.82) is 0 Å². The summed E-state index contributed by atoms with van der Waals surface area (Å²) in [6, 6.07) is 8.21. The topological polar surface area (TPSA) is 59.9 Å². The molecule has 2 aromatic rings. The van der Waals surface area contributed by atoms with E-state index in [-0.39, 0.29) is 38.8 Å². The zero-order valence-corrected chi connectivity index (χ0v) is 17.3. The number of hydrogen-bond donors (Lipinski definition) is 1. The van der Waals surface area contributed by atoms with Crippen LogP contribution in [0.1, 0.15) is 50.4 Å². The molecule has 0 saturated carbocycles. The predicted molar refractivity (Wildman–Crippen MR) is 87.9 cm³/mol. The molecule has 6 heteroatoms. The average molecular weight is 388 g/mol. The molecule has 121 valence electrons. The van der Waals surface area contributed by atoms with E-state index < -0.39 is 0 Å². The number of anilines is 1. The van der Waals surface area contributed by atoms with Gasteiger partial charge in [0, 0.05) is 38.5 Å². The fourth-order valence-electron chi connectivity index (χ4n) is 2.18. The SMILES string of the molecule is CCC(Nc1nc(C)nc([C-](C)C)n1)c1ccc(OC)cc1.[Y]. The van der Waals surface area contributed by atoms with Crippen LogP contribution in [0.3, 0.4) is 0 Å². The molecule has 1 unspecified atom stereocenters. The van der Waals surface area contributed by atoms with Crippen LogP contribution < -0.4 is 10.1 Å². The van der Waals surface area contributed by atoms with Crippen molar-refractivity contribution in [3.63, 3.8) is 0 Å². The molecule has 2 rings (SSSR count). The fourth-order valence-corrected chi connectivity index (χ4v) is 2.18. The summed E-state index contributed by atoms with van der Waals surface area (Å²) in [5.41, 5.74) is 1.18. The quantitative estimate of drug-likeness (QED) is 0.765. The molecular formula is C17H23N4OY-. The summed E-state index contributed by atoms with van der Waals surface area (Å²) < 4.78 is 5.20. The summed E-state index contributed by atoms with van der Waals surface area (Å²) in [4.78, 5) is 13.2. The number of methoxy groups -OCH3 is 1. The molecule has 1 N–H and O–H groups in total. The Balaban J connectivity index is 0.00000264. The average Bonchev–Trinajstić information content (AvgIpc) is 2.52. The Morgan fingerprint density at radius 1 is 1.13 bits per heavy atom. The molecule has 0 fully saturated rings. The Bertz CT molecular complexity index is 616. The third-order valence-corrected chi connectivity index (χ3v) is 3.42. The van der Waals surface area contributed by atoms with Crippen molar-refractivity contribution in [2.24, 2.45) is 0 Å². The Hall–Kier alpha value is -1.20. The third kappa shape index (κ3) is 5.43. The van der Waals surface area contributed by atoms with E-state index >= 15 is 0 Å². The van der Waals surface area contributed by atoms with Gasteiger partial charge in [0.1, 0.15) is 11.6 Å². The van der Waals surface area contributed by atoms with Crippen LogP contribution in [-0.4, -0.2) is 22.1 Å². The maximum atomic E-state index is 5.20. The zero-order valence-electron chi connectivity index (χ0n) is 14.4. The second-order valence-electron chi connectivity index (χ2n) is 5.41. The van der Waals surface area contributed by atoms with Gasteiger partial charge in [0.15, 0.2) is 0 Å². The molecule has 1 aromatic carbocycles. The van der Waals surface area contributed by atoms with Crippen LogP contribution in [0, 0.1) is 12.8 Å². The van der Waals surface area contributed by atoms with Gasteiger partial charge in [0.05, 0.1) is 13.2 Å². The maximum absolute atomic E-state index is 5.20. The van der Waals surface area contributed by atoms with E-state index in [1.165, 1.54) is 5.56 Å². The van der Waals surface area contributed by atoms with Crippen molar-refractivity contribution in [2.45, 2.75) is 40.2 Å². The van der Waals surface area contributed by atoms with Crippen LogP contribution >= 0.6 is 0 Å². The largest absolute Gasteiger partial charge is 0.497 e. The first-order chi connectivity index (χ1) is 10.5. The zero-order chi connectivity index (χ0) is 16.1. The first kappa shape index (κ1) is 19.8. The van der Waals surface area contributed by atoms with E-state index in [0.29, 0.717) is 5.95 Å². The van der Waals surface area contributed by atoms with Crippen molar-refractivity contribution in [1.82, 2.24) is 15.0 Å². The number of hydrogen-bond acceptors (Lipinski definition) is 5. The minimum atomic E-state index is 0. The molecule has 0 spiro atoms. The Morgan fingerprint density at radius 2 is 1.78 bits per heavy atom. The normalized spacial score (nSPS) is 11.3. The maximum Gasteiger partial charge on any atom is 0.224 e. The summed E-state index contributed by atoms with van der Waals surface area (Å²) >= 11 is 0. The van der Waals surface area contributed by atoms with Crippen LogP contribution in [0.15, 0.2) is 24.3 Å². The molecule has 5 nitrogen and oxygen atoms in total. The first-order valence-corrected chi connectivity index (χ1v) is 7.47. The standard InChI is InChI=1S/C17H23N4O.Y/c1-6-15(13-7-9-14(22-5)10-8-13)20-17-19-12(4)18-16(21-17)11(2)3;/h7-10,15H,6H2,1-5H3,(H,18,19,20,21);/q-1;. The van der Waals surface area contributed by atoms with E-state index in [1.807, 2.05) is 32.9 Å². The van der Waals surface area contributed by atoms with Crippen LogP contribution in [-0.2, 0) is 32.7 Å². The van der Waals surface area contributed by atoms with Gasteiger partial charge in [-0.2, -0.15) is 18.8 Å². The van der Waals surface area contributed by atoms with Crippen LogP contribution in [0.4, 0.5) is 5.95 Å². The van der Waals surface area contributed by atoms with Gasteiger partial charge in [-0.15, -0.1) is 0 Å². The molecule has 1 atom stereocenters. The number of nitrogens with one attached hydrogen (secondary N) is 1. The van der Waals surface area contributed by atoms with E-state index in [4.69, 9.17) is 4.74 Å². The summed E-state index contributed by atoms with van der Waals surface area (Å²) in [7, 11) is 1.67. The van der Waals surface area contributed by atoms with Crippen molar-refractivity contribution in [2.75, 3.05) is 12.4 Å². The molecule has 0 aliphatic heterocycles. The van der Waals surface area contributed by atoms with Crippen molar-refractivity contribution in [3.05, 3.63) is 47.4 Å². The number of ether oxygens (including phenoxy) is 1. The number of aryl methyl sites for hydroxylation is 1. The summed E-state index contributed by atoms with van der Waals surface area (Å²) in [6.07, 6.45) is 0.932. The number of aromatic nitrogens is 3. The summed E-state index contributed by atoms with van der Waals surface area (Å²) in [5, 5.41) is 3.40. The minimum Gasteiger partial charge on any atom is -0.497 e. The Morgan fingerprint density at radius 3 is 2.30 bits per heavy atom. The molecule has 0 bridgehead atoms. The van der Waals surface area contributed by atoms with Crippen molar-refractivity contribution >= 4 is 5.95 Å². The summed E-state index contributed by atoms with van der Waals surface area (Å²) in [5.74, 6) is 4.00. The molecule has 0 amide bonds. The van der Waals surface area contributed by atoms with Crippen LogP contribution in [0.25, 0.3) is 0 Å². The number of benzene rings is 1. The van der Waals surface area contributed by atoms with Gasteiger partial charge in [0.2, 0.25) is 5.95 Å². The van der Waals surface area contributed by atoms with Gasteiger partial charge in [-0.3, -0.25) is 4.98 Å². The first-order valence-electron chi connectivity index (χ1n) is 7.47. The predicted octanol–water partition coefficient (Wildman–Crippen LogP) is 3.71. The van der Waals surface area contributed by atoms with E-state index in [1.54, 1.807) is 7.11 Å². The molecule has 23 heavy (non-hydrogen) atoms. The smallest absolute Gasteiger partial charge is 0.224 e. The second-order valence-corrected chi connectivity index (χ2v) is 5.41. The molecule has 0 saturated heterocycles. The molecule has 1 heterocycles. The molecule has 0 aliphatic carbocycles. The van der Waals surface area contributed by atoms with Gasteiger partial charge in [-0.1, -0.05) is 19.1 Å². The van der Waals surface area contributed by atoms with Gasteiger partial charge in [-0.05, 0) is 31.0 Å². The summed E-state index contributed by atoms with van der Waals surface area (Å²) in [6.45, 7) is 8.01. The van der Waals surface area contributed by atoms with Gasteiger partial charge in [-0.25, -0.2) is 4.98 Å². The minimum absolute atomic E-state index is 0. The molecule has 1 radical (unpaired) electrons. The Labute approximate surface area is 163 Å². The van der Waals surface area contributed by atoms with E-state index in [0.717, 1.165) is 29.7 Å². The van der Waals surface area contributed by atoms with Gasteiger partial charge < -0.3 is 16.0 Å². The molecular weight excluding hydrogens is 365 g/mol.